The van der Waals surface area contributed by atoms with Crippen LogP contribution in [0.25, 0.3) is 0 Å². The van der Waals surface area contributed by atoms with E-state index in [1.54, 1.807) is 0 Å². The predicted molar refractivity (Wildman–Crippen MR) is 112 cm³/mol. The summed E-state index contributed by atoms with van der Waals surface area (Å²) < 4.78 is 10.6. The van der Waals surface area contributed by atoms with Crippen LogP contribution in [0.3, 0.4) is 0 Å². The van der Waals surface area contributed by atoms with E-state index >= 15 is 0 Å². The zero-order valence-corrected chi connectivity index (χ0v) is 19.1. The molecule has 30 heavy (non-hydrogen) atoms. The summed E-state index contributed by atoms with van der Waals surface area (Å²) in [5.41, 5.74) is 0.386. The van der Waals surface area contributed by atoms with Gasteiger partial charge in [0, 0.05) is 19.8 Å². The van der Waals surface area contributed by atoms with Gasteiger partial charge < -0.3 is 9.47 Å². The second-order valence-corrected chi connectivity index (χ2v) is 11.1. The van der Waals surface area contributed by atoms with Crippen molar-refractivity contribution in [2.24, 2.45) is 40.4 Å². The Morgan fingerprint density at radius 1 is 0.833 bits per heavy atom. The highest BCUT2D eigenvalue weighted by atomic mass is 16.5. The molecule has 0 radical (unpaired) electrons. The maximum Gasteiger partial charge on any atom is 0.303 e. The first-order valence-electron chi connectivity index (χ1n) is 12.0. The smallest absolute Gasteiger partial charge is 0.303 e. The number of hydrogen-bond donors (Lipinski definition) is 0. The number of hydrogen-bond acceptors (Lipinski definition) is 5. The molecule has 8 atom stereocenters. The van der Waals surface area contributed by atoms with E-state index < -0.39 is 0 Å². The van der Waals surface area contributed by atoms with Crippen LogP contribution in [0.4, 0.5) is 0 Å². The molecule has 0 aromatic heterocycles. The molecule has 0 unspecified atom stereocenters. The van der Waals surface area contributed by atoms with Gasteiger partial charge in [-0.25, -0.2) is 0 Å². The monoisotopic (exact) mass is 418 g/mol. The highest BCUT2D eigenvalue weighted by molar-refractivity contribution is 5.85. The minimum absolute atomic E-state index is 0.0352. The Hall–Kier alpha value is -1.39. The molecule has 0 aromatic rings. The van der Waals surface area contributed by atoms with Crippen LogP contribution in [0.15, 0.2) is 0 Å². The van der Waals surface area contributed by atoms with Crippen molar-refractivity contribution in [3.05, 3.63) is 0 Å². The summed E-state index contributed by atoms with van der Waals surface area (Å²) in [6.07, 6.45) is 10.1. The van der Waals surface area contributed by atoms with Gasteiger partial charge in [0.2, 0.25) is 0 Å². The van der Waals surface area contributed by atoms with Crippen LogP contribution in [0.5, 0.6) is 0 Å². The van der Waals surface area contributed by atoms with Crippen molar-refractivity contribution >= 4 is 17.7 Å². The van der Waals surface area contributed by atoms with Crippen molar-refractivity contribution in [2.75, 3.05) is 6.61 Å². The van der Waals surface area contributed by atoms with Gasteiger partial charge in [-0.3, -0.25) is 14.4 Å². The summed E-state index contributed by atoms with van der Waals surface area (Å²) in [5.74, 6) is 2.29. The molecule has 5 nitrogen and oxygen atoms in total. The van der Waals surface area contributed by atoms with Crippen LogP contribution in [0, 0.1) is 40.4 Å². The number of carbonyl (C=O) groups excluding carboxylic acids is 3. The van der Waals surface area contributed by atoms with E-state index in [0.717, 1.165) is 44.4 Å². The van der Waals surface area contributed by atoms with Crippen molar-refractivity contribution in [3.63, 3.8) is 0 Å². The van der Waals surface area contributed by atoms with E-state index in [1.807, 2.05) is 0 Å². The molecule has 4 rings (SSSR count). The summed E-state index contributed by atoms with van der Waals surface area (Å²) in [7, 11) is 0. The van der Waals surface area contributed by atoms with Crippen molar-refractivity contribution in [1.29, 1.82) is 0 Å². The van der Waals surface area contributed by atoms with Gasteiger partial charge in [0.25, 0.3) is 0 Å². The summed E-state index contributed by atoms with van der Waals surface area (Å²) in [4.78, 5) is 35.5. The van der Waals surface area contributed by atoms with Gasteiger partial charge in [-0.2, -0.15) is 0 Å². The Kier molecular flexibility index (Phi) is 5.78. The van der Waals surface area contributed by atoms with Gasteiger partial charge >= 0.3 is 11.9 Å². The summed E-state index contributed by atoms with van der Waals surface area (Å²) in [6.45, 7) is 7.66. The molecule has 4 aliphatic rings. The molecule has 5 heteroatoms. The number of ether oxygens (including phenoxy) is 2. The molecule has 4 saturated carbocycles. The minimum Gasteiger partial charge on any atom is -0.463 e. The molecule has 0 saturated heterocycles. The zero-order valence-electron chi connectivity index (χ0n) is 19.1. The number of carbonyl (C=O) groups is 3. The molecule has 0 spiro atoms. The lowest BCUT2D eigenvalue weighted by molar-refractivity contribution is -0.161. The normalized spacial score (nSPS) is 44.9. The van der Waals surface area contributed by atoms with Crippen molar-refractivity contribution < 1.29 is 23.9 Å². The van der Waals surface area contributed by atoms with Crippen LogP contribution in [0.1, 0.15) is 85.5 Å². The molecule has 0 aliphatic heterocycles. The van der Waals surface area contributed by atoms with E-state index in [4.69, 9.17) is 9.47 Å². The van der Waals surface area contributed by atoms with Gasteiger partial charge in [-0.05, 0) is 92.3 Å². The van der Waals surface area contributed by atoms with Crippen LogP contribution in [-0.2, 0) is 23.9 Å². The van der Waals surface area contributed by atoms with E-state index in [9.17, 15) is 14.4 Å². The molecular weight excluding hydrogens is 380 g/mol. The van der Waals surface area contributed by atoms with E-state index in [2.05, 4.69) is 13.8 Å². The zero-order chi connectivity index (χ0) is 21.7. The second kappa shape index (κ2) is 7.94. The van der Waals surface area contributed by atoms with Gasteiger partial charge in [-0.15, -0.1) is 0 Å². The highest BCUT2D eigenvalue weighted by Gasteiger charge is 2.61. The number of rotatable bonds is 4. The van der Waals surface area contributed by atoms with Gasteiger partial charge in [-0.1, -0.05) is 13.8 Å². The van der Waals surface area contributed by atoms with Crippen molar-refractivity contribution in [1.82, 2.24) is 0 Å². The summed E-state index contributed by atoms with van der Waals surface area (Å²) >= 11 is 0. The first-order valence-corrected chi connectivity index (χ1v) is 12.0. The highest BCUT2D eigenvalue weighted by Crippen LogP contribution is 2.67. The first kappa shape index (κ1) is 21.8. The van der Waals surface area contributed by atoms with Gasteiger partial charge in [0.05, 0.1) is 0 Å². The van der Waals surface area contributed by atoms with Gasteiger partial charge in [0.15, 0.2) is 5.78 Å². The topological polar surface area (TPSA) is 69.7 Å². The van der Waals surface area contributed by atoms with Gasteiger partial charge in [0.1, 0.15) is 12.7 Å². The summed E-state index contributed by atoms with van der Waals surface area (Å²) in [6, 6.07) is 0. The molecule has 4 fully saturated rings. The van der Waals surface area contributed by atoms with Crippen molar-refractivity contribution in [2.45, 2.75) is 91.6 Å². The maximum absolute atomic E-state index is 12.9. The van der Waals surface area contributed by atoms with Crippen LogP contribution < -0.4 is 0 Å². The quantitative estimate of drug-likeness (QED) is 0.619. The fraction of sp³-hybridized carbons (Fsp3) is 0.880. The average molecular weight is 419 g/mol. The largest absolute Gasteiger partial charge is 0.463 e. The SMILES string of the molecule is CC(=O)OCC(=O)[C@@H]1CC[C@@H]2[C@@H]3CC[C@@H]4C[C@H](OC(C)=O)CC[C@]4(C)[C@H]3CC[C@@]21C. The molecule has 168 valence electrons. The molecule has 0 bridgehead atoms. The Balaban J connectivity index is 1.48. The molecule has 0 N–H and O–H groups in total. The number of Topliss-reactive ketones (excluding diaryl/α,β-unsaturated/α-hetero) is 1. The van der Waals surface area contributed by atoms with E-state index in [-0.39, 0.29) is 41.8 Å². The van der Waals surface area contributed by atoms with E-state index in [1.165, 1.54) is 33.1 Å². The number of ketones is 1. The molecule has 4 aliphatic carbocycles. The third-order valence-corrected chi connectivity index (χ3v) is 9.76. The number of fused-ring (bicyclic) bond motifs is 5. The average Bonchev–Trinajstić information content (AvgIpc) is 3.03. The standard InChI is InChI=1S/C25H38O5/c1-15(26)29-14-23(28)22-8-7-20-19-6-5-17-13-18(30-16(2)27)9-11-24(17,3)21(19)10-12-25(20,22)4/h17-22H,5-14H2,1-4H3/t17-,18-,19+,20-,21+,22+,24+,25+/m1/s1. The van der Waals surface area contributed by atoms with Crippen molar-refractivity contribution in [3.8, 4) is 0 Å². The maximum atomic E-state index is 12.9. The fourth-order valence-corrected chi connectivity index (χ4v) is 8.36. The van der Waals surface area contributed by atoms with E-state index in [0.29, 0.717) is 23.2 Å². The molecule has 0 heterocycles. The van der Waals surface area contributed by atoms with Crippen LogP contribution >= 0.6 is 0 Å². The molecular formula is C25H38O5. The Morgan fingerprint density at radius 2 is 1.53 bits per heavy atom. The Morgan fingerprint density at radius 3 is 2.23 bits per heavy atom. The lowest BCUT2D eigenvalue weighted by Gasteiger charge is -2.61. The molecule has 0 amide bonds. The Labute approximate surface area is 180 Å². The van der Waals surface area contributed by atoms with Crippen LogP contribution in [0.2, 0.25) is 0 Å². The lowest BCUT2D eigenvalue weighted by Crippen LogP contribution is -2.54. The third kappa shape index (κ3) is 3.60. The fourth-order valence-electron chi connectivity index (χ4n) is 8.36. The third-order valence-electron chi connectivity index (χ3n) is 9.76. The summed E-state index contributed by atoms with van der Waals surface area (Å²) in [5, 5.41) is 0. The Bertz CT molecular complexity index is 716. The minimum atomic E-state index is -0.373. The predicted octanol–water partition coefficient (Wildman–Crippen LogP) is 4.71. The second-order valence-electron chi connectivity index (χ2n) is 11.1. The number of esters is 2. The molecule has 0 aromatic carbocycles. The first-order chi connectivity index (χ1) is 14.1. The van der Waals surface area contributed by atoms with Crippen LogP contribution in [-0.4, -0.2) is 30.4 Å². The lowest BCUT2D eigenvalue weighted by atomic mass is 9.44.